The molecular weight excluding hydrogens is 339 g/mol. The van der Waals surface area contributed by atoms with Crippen molar-refractivity contribution in [1.29, 1.82) is 5.26 Å². The summed E-state index contributed by atoms with van der Waals surface area (Å²) in [6.07, 6.45) is 1.71. The van der Waals surface area contributed by atoms with Crippen molar-refractivity contribution in [2.24, 2.45) is 5.92 Å². The van der Waals surface area contributed by atoms with Crippen molar-refractivity contribution in [1.82, 2.24) is 4.57 Å². The predicted molar refractivity (Wildman–Crippen MR) is 105 cm³/mol. The molecule has 0 amide bonds. The Kier molecular flexibility index (Phi) is 4.19. The summed E-state index contributed by atoms with van der Waals surface area (Å²) in [5.74, 6) is 0.705. The van der Waals surface area contributed by atoms with E-state index in [1.165, 1.54) is 17.3 Å². The zero-order chi connectivity index (χ0) is 19.3. The van der Waals surface area contributed by atoms with E-state index in [0.717, 1.165) is 29.4 Å². The lowest BCUT2D eigenvalue weighted by atomic mass is 9.70. The van der Waals surface area contributed by atoms with Gasteiger partial charge < -0.3 is 9.67 Å². The normalized spacial score (nSPS) is 19.3. The number of phenols is 1. The fraction of sp³-hybridized carbons (Fsp3) is 0.348. The number of rotatable bonds is 3. The minimum Gasteiger partial charge on any atom is -0.508 e. The summed E-state index contributed by atoms with van der Waals surface area (Å²) >= 11 is 0. The number of phenolic OH excluding ortho intramolecular Hbond substituents is 1. The van der Waals surface area contributed by atoms with Gasteiger partial charge in [-0.2, -0.15) is 5.26 Å². The van der Waals surface area contributed by atoms with E-state index in [-0.39, 0.29) is 23.4 Å². The monoisotopic (exact) mass is 362 g/mol. The van der Waals surface area contributed by atoms with Crippen LogP contribution in [-0.2, 0) is 0 Å². The molecule has 1 fully saturated rings. The van der Waals surface area contributed by atoms with Crippen LogP contribution in [0.1, 0.15) is 55.3 Å². The Labute approximate surface area is 158 Å². The molecule has 0 atom stereocenters. The van der Waals surface area contributed by atoms with E-state index in [4.69, 9.17) is 0 Å². The zero-order valence-electron chi connectivity index (χ0n) is 15.8. The van der Waals surface area contributed by atoms with Crippen molar-refractivity contribution in [2.45, 2.75) is 45.4 Å². The first-order chi connectivity index (χ1) is 12.9. The Hall–Kier alpha value is -2.80. The van der Waals surface area contributed by atoms with Gasteiger partial charge in [0, 0.05) is 22.7 Å². The average Bonchev–Trinajstić information content (AvgIpc) is 2.91. The van der Waals surface area contributed by atoms with Crippen molar-refractivity contribution in [3.8, 4) is 17.5 Å². The van der Waals surface area contributed by atoms with Gasteiger partial charge in [-0.05, 0) is 79.1 Å². The molecule has 0 radical (unpaired) electrons. The number of benzene rings is 2. The predicted octanol–water partition coefficient (Wildman–Crippen LogP) is 5.92. The van der Waals surface area contributed by atoms with Gasteiger partial charge in [0.1, 0.15) is 11.6 Å². The smallest absolute Gasteiger partial charge is 0.126 e. The SMILES string of the molecule is Cc1cc(-n2c(C(C)C)c(C3CC(C#N)C3)c3cc(O)ccc32)ccc1F. The van der Waals surface area contributed by atoms with Crippen LogP contribution >= 0.6 is 0 Å². The summed E-state index contributed by atoms with van der Waals surface area (Å²) in [6, 6.07) is 13.0. The lowest BCUT2D eigenvalue weighted by molar-refractivity contribution is 0.330. The van der Waals surface area contributed by atoms with Gasteiger partial charge in [0.25, 0.3) is 0 Å². The third-order valence-corrected chi connectivity index (χ3v) is 5.70. The molecule has 27 heavy (non-hydrogen) atoms. The minimum absolute atomic E-state index is 0.110. The van der Waals surface area contributed by atoms with Gasteiger partial charge in [0.15, 0.2) is 0 Å². The molecule has 138 valence electrons. The number of aromatic hydroxyl groups is 1. The molecule has 1 N–H and O–H groups in total. The fourth-order valence-corrected chi connectivity index (χ4v) is 4.33. The number of nitriles is 1. The molecule has 1 heterocycles. The second-order valence-electron chi connectivity index (χ2n) is 7.92. The van der Waals surface area contributed by atoms with Crippen LogP contribution in [0.4, 0.5) is 4.39 Å². The van der Waals surface area contributed by atoms with Gasteiger partial charge >= 0.3 is 0 Å². The summed E-state index contributed by atoms with van der Waals surface area (Å²) in [6.45, 7) is 6.09. The fourth-order valence-electron chi connectivity index (χ4n) is 4.33. The lowest BCUT2D eigenvalue weighted by Crippen LogP contribution is -2.21. The molecule has 4 rings (SSSR count). The van der Waals surface area contributed by atoms with Crippen molar-refractivity contribution >= 4 is 10.9 Å². The minimum atomic E-state index is -0.213. The van der Waals surface area contributed by atoms with Gasteiger partial charge in [-0.1, -0.05) is 13.8 Å². The van der Waals surface area contributed by atoms with E-state index in [1.54, 1.807) is 13.0 Å². The Morgan fingerprint density at radius 1 is 1.19 bits per heavy atom. The Bertz CT molecular complexity index is 1070. The second-order valence-corrected chi connectivity index (χ2v) is 7.92. The maximum Gasteiger partial charge on any atom is 0.126 e. The molecule has 2 aromatic carbocycles. The van der Waals surface area contributed by atoms with E-state index < -0.39 is 0 Å². The highest BCUT2D eigenvalue weighted by Gasteiger charge is 2.35. The van der Waals surface area contributed by atoms with Crippen LogP contribution in [-0.4, -0.2) is 9.67 Å². The molecule has 0 spiro atoms. The first kappa shape index (κ1) is 17.6. The standard InChI is InChI=1S/C23H23FN2O/c1-13(2)23-22(16-9-15(10-16)12-25)19-11-18(27)5-7-21(19)26(23)17-4-6-20(24)14(3)8-17/h4-8,11,13,15-16,27H,9-10H2,1-3H3. The largest absolute Gasteiger partial charge is 0.508 e. The first-order valence-corrected chi connectivity index (χ1v) is 9.44. The molecule has 0 aliphatic heterocycles. The molecule has 0 saturated heterocycles. The molecule has 3 aromatic rings. The molecule has 1 aliphatic rings. The van der Waals surface area contributed by atoms with E-state index in [9.17, 15) is 14.8 Å². The molecule has 1 aromatic heterocycles. The Morgan fingerprint density at radius 2 is 1.93 bits per heavy atom. The molecule has 4 heteroatoms. The summed E-state index contributed by atoms with van der Waals surface area (Å²) in [7, 11) is 0. The molecule has 3 nitrogen and oxygen atoms in total. The van der Waals surface area contributed by atoms with E-state index in [1.807, 2.05) is 24.3 Å². The van der Waals surface area contributed by atoms with Crippen LogP contribution in [0.5, 0.6) is 5.75 Å². The Morgan fingerprint density at radius 3 is 2.56 bits per heavy atom. The van der Waals surface area contributed by atoms with Gasteiger partial charge in [0.05, 0.1) is 11.6 Å². The molecule has 0 unspecified atom stereocenters. The zero-order valence-corrected chi connectivity index (χ0v) is 15.8. The van der Waals surface area contributed by atoms with Crippen LogP contribution in [0.25, 0.3) is 16.6 Å². The highest BCUT2D eigenvalue weighted by Crippen LogP contribution is 2.48. The number of nitrogens with zero attached hydrogens (tertiary/aromatic N) is 2. The van der Waals surface area contributed by atoms with Crippen LogP contribution in [0.2, 0.25) is 0 Å². The average molecular weight is 362 g/mol. The van der Waals surface area contributed by atoms with Crippen LogP contribution < -0.4 is 0 Å². The van der Waals surface area contributed by atoms with E-state index >= 15 is 0 Å². The van der Waals surface area contributed by atoms with Crippen LogP contribution in [0.3, 0.4) is 0 Å². The van der Waals surface area contributed by atoms with Crippen molar-refractivity contribution in [2.75, 3.05) is 0 Å². The summed E-state index contributed by atoms with van der Waals surface area (Å²) < 4.78 is 16.0. The van der Waals surface area contributed by atoms with Crippen molar-refractivity contribution in [3.05, 3.63) is 59.0 Å². The maximum absolute atomic E-state index is 13.8. The second kappa shape index (κ2) is 6.42. The van der Waals surface area contributed by atoms with Crippen LogP contribution in [0.15, 0.2) is 36.4 Å². The molecule has 0 bridgehead atoms. The number of aromatic nitrogens is 1. The summed E-state index contributed by atoms with van der Waals surface area (Å²) in [4.78, 5) is 0. The Balaban J connectivity index is 2.02. The molecule has 1 saturated carbocycles. The number of hydrogen-bond donors (Lipinski definition) is 1. The van der Waals surface area contributed by atoms with Gasteiger partial charge in [0.2, 0.25) is 0 Å². The van der Waals surface area contributed by atoms with Crippen molar-refractivity contribution < 1.29 is 9.50 Å². The van der Waals surface area contributed by atoms with E-state index in [0.29, 0.717) is 11.5 Å². The lowest BCUT2D eigenvalue weighted by Gasteiger charge is -2.32. The third kappa shape index (κ3) is 2.78. The first-order valence-electron chi connectivity index (χ1n) is 9.44. The van der Waals surface area contributed by atoms with E-state index in [2.05, 4.69) is 24.5 Å². The van der Waals surface area contributed by atoms with Crippen LogP contribution in [0, 0.1) is 30.0 Å². The summed E-state index contributed by atoms with van der Waals surface area (Å²) in [5.41, 5.74) is 4.96. The van der Waals surface area contributed by atoms with Gasteiger partial charge in [-0.15, -0.1) is 0 Å². The maximum atomic E-state index is 13.8. The topological polar surface area (TPSA) is 49.0 Å². The molecular formula is C23H23FN2O. The van der Waals surface area contributed by atoms with Gasteiger partial charge in [-0.3, -0.25) is 0 Å². The van der Waals surface area contributed by atoms with Gasteiger partial charge in [-0.25, -0.2) is 4.39 Å². The highest BCUT2D eigenvalue weighted by atomic mass is 19.1. The highest BCUT2D eigenvalue weighted by molar-refractivity contribution is 5.89. The number of halogens is 1. The number of aryl methyl sites for hydroxylation is 1. The third-order valence-electron chi connectivity index (χ3n) is 5.70. The number of hydrogen-bond acceptors (Lipinski definition) is 2. The number of fused-ring (bicyclic) bond motifs is 1. The quantitative estimate of drug-likeness (QED) is 0.628. The summed E-state index contributed by atoms with van der Waals surface area (Å²) in [5, 5.41) is 20.3. The molecule has 1 aliphatic carbocycles. The van der Waals surface area contributed by atoms with Crippen molar-refractivity contribution in [3.63, 3.8) is 0 Å².